The Morgan fingerprint density at radius 2 is 1.62 bits per heavy atom. The van der Waals surface area contributed by atoms with Crippen molar-refractivity contribution in [2.24, 2.45) is 0 Å². The molecule has 0 saturated carbocycles. The molecular formula is C27H36N2O2S. The number of rotatable bonds is 8. The topological polar surface area (TPSA) is 49.4 Å². The number of thioether (sulfide) groups is 1. The second-order valence-electron chi connectivity index (χ2n) is 9.20. The van der Waals surface area contributed by atoms with Crippen LogP contribution in [0.3, 0.4) is 0 Å². The molecule has 1 saturated heterocycles. The Hall–Kier alpha value is -2.27. The van der Waals surface area contributed by atoms with Gasteiger partial charge < -0.3 is 10.2 Å². The van der Waals surface area contributed by atoms with Gasteiger partial charge >= 0.3 is 6.03 Å². The highest BCUT2D eigenvalue weighted by Gasteiger charge is 2.34. The van der Waals surface area contributed by atoms with Crippen molar-refractivity contribution in [2.75, 3.05) is 12.3 Å². The summed E-state index contributed by atoms with van der Waals surface area (Å²) >= 11 is 1.38. The Labute approximate surface area is 197 Å². The van der Waals surface area contributed by atoms with Crippen LogP contribution in [0.2, 0.25) is 0 Å². The molecule has 5 heteroatoms. The first-order chi connectivity index (χ1) is 15.4. The molecule has 2 aromatic rings. The molecule has 32 heavy (non-hydrogen) atoms. The fourth-order valence-corrected chi connectivity index (χ4v) is 5.13. The summed E-state index contributed by atoms with van der Waals surface area (Å²) in [6.07, 6.45) is 4.44. The number of nitrogens with zero attached hydrogens (tertiary/aromatic N) is 1. The Balaban J connectivity index is 1.63. The van der Waals surface area contributed by atoms with Gasteiger partial charge in [0.1, 0.15) is 6.04 Å². The predicted molar refractivity (Wildman–Crippen MR) is 134 cm³/mol. The molecule has 1 heterocycles. The molecule has 172 valence electrons. The second-order valence-corrected chi connectivity index (χ2v) is 10.3. The number of carbonyl (C=O) groups excluding carboxylic acids is 2. The maximum absolute atomic E-state index is 13.1. The zero-order valence-electron chi connectivity index (χ0n) is 19.5. The predicted octanol–water partition coefficient (Wildman–Crippen LogP) is 6.22. The fraction of sp³-hybridized carbons (Fsp3) is 0.481. The minimum Gasteiger partial charge on any atom is -0.333 e. The van der Waals surface area contributed by atoms with Crippen molar-refractivity contribution in [3.63, 3.8) is 0 Å². The van der Waals surface area contributed by atoms with Crippen LogP contribution < -0.4 is 5.32 Å². The molecule has 2 aromatic carbocycles. The lowest BCUT2D eigenvalue weighted by atomic mass is 9.89. The number of amides is 2. The largest absolute Gasteiger partial charge is 0.333 e. The highest BCUT2D eigenvalue weighted by molar-refractivity contribution is 8.13. The summed E-state index contributed by atoms with van der Waals surface area (Å²) in [6, 6.07) is 20.5. The first kappa shape index (κ1) is 24.4. The van der Waals surface area contributed by atoms with Crippen molar-refractivity contribution < 1.29 is 9.59 Å². The van der Waals surface area contributed by atoms with E-state index in [4.69, 9.17) is 0 Å². The summed E-state index contributed by atoms with van der Waals surface area (Å²) in [5.74, 6) is 0.994. The van der Waals surface area contributed by atoms with Crippen LogP contribution in [-0.2, 0) is 4.79 Å². The molecule has 1 aliphatic heterocycles. The second kappa shape index (κ2) is 11.6. The Morgan fingerprint density at radius 1 is 1.03 bits per heavy atom. The summed E-state index contributed by atoms with van der Waals surface area (Å²) < 4.78 is 0. The van der Waals surface area contributed by atoms with Gasteiger partial charge in [0.2, 0.25) is 5.12 Å². The molecule has 1 fully saturated rings. The van der Waals surface area contributed by atoms with Crippen molar-refractivity contribution in [3.8, 4) is 0 Å². The number of piperidine rings is 1. The molecule has 1 aliphatic rings. The van der Waals surface area contributed by atoms with Crippen LogP contribution in [0.4, 0.5) is 4.79 Å². The van der Waals surface area contributed by atoms with E-state index in [1.165, 1.54) is 22.9 Å². The lowest BCUT2D eigenvalue weighted by Crippen LogP contribution is -2.55. The Morgan fingerprint density at radius 3 is 2.19 bits per heavy atom. The van der Waals surface area contributed by atoms with Crippen molar-refractivity contribution in [1.82, 2.24) is 10.2 Å². The first-order valence-corrected chi connectivity index (χ1v) is 12.7. The van der Waals surface area contributed by atoms with Crippen LogP contribution in [0.15, 0.2) is 60.7 Å². The summed E-state index contributed by atoms with van der Waals surface area (Å²) in [5.41, 5.74) is 2.27. The third-order valence-corrected chi connectivity index (χ3v) is 7.42. The maximum atomic E-state index is 13.1. The van der Waals surface area contributed by atoms with Crippen LogP contribution in [0.5, 0.6) is 0 Å². The zero-order chi connectivity index (χ0) is 23.0. The monoisotopic (exact) mass is 452 g/mol. The van der Waals surface area contributed by atoms with Gasteiger partial charge in [-0.3, -0.25) is 4.79 Å². The van der Waals surface area contributed by atoms with Crippen LogP contribution >= 0.6 is 11.8 Å². The molecule has 3 rings (SSSR count). The molecule has 0 spiro atoms. The van der Waals surface area contributed by atoms with Crippen LogP contribution in [0, 0.1) is 0 Å². The zero-order valence-corrected chi connectivity index (χ0v) is 20.4. The van der Waals surface area contributed by atoms with Crippen LogP contribution in [0.1, 0.15) is 69.9 Å². The molecule has 4 nitrogen and oxygen atoms in total. The summed E-state index contributed by atoms with van der Waals surface area (Å²) in [5, 5.41) is 3.22. The molecule has 0 aliphatic carbocycles. The van der Waals surface area contributed by atoms with Gasteiger partial charge in [0, 0.05) is 23.8 Å². The van der Waals surface area contributed by atoms with E-state index < -0.39 is 0 Å². The van der Waals surface area contributed by atoms with Crippen molar-refractivity contribution in [1.29, 1.82) is 0 Å². The highest BCUT2D eigenvalue weighted by Crippen LogP contribution is 2.30. The average molecular weight is 453 g/mol. The van der Waals surface area contributed by atoms with E-state index in [0.29, 0.717) is 6.54 Å². The number of hydrogen-bond donors (Lipinski definition) is 1. The van der Waals surface area contributed by atoms with Crippen LogP contribution in [0.25, 0.3) is 0 Å². The van der Waals surface area contributed by atoms with Gasteiger partial charge in [-0.25, -0.2) is 4.79 Å². The molecule has 0 unspecified atom stereocenters. The molecule has 0 bridgehead atoms. The van der Waals surface area contributed by atoms with Crippen LogP contribution in [-0.4, -0.2) is 39.9 Å². The molecule has 2 amide bonds. The number of nitrogens with one attached hydrogen (secondary N) is 1. The highest BCUT2D eigenvalue weighted by atomic mass is 32.2. The van der Waals surface area contributed by atoms with E-state index in [1.807, 2.05) is 26.0 Å². The first-order valence-electron chi connectivity index (χ1n) is 11.8. The summed E-state index contributed by atoms with van der Waals surface area (Å²) in [4.78, 5) is 27.8. The lowest BCUT2D eigenvalue weighted by molar-refractivity contribution is -0.115. The van der Waals surface area contributed by atoms with E-state index in [0.717, 1.165) is 37.9 Å². The molecule has 1 N–H and O–H groups in total. The van der Waals surface area contributed by atoms with Crippen molar-refractivity contribution in [3.05, 3.63) is 71.8 Å². The third kappa shape index (κ3) is 6.61. The molecular weight excluding hydrogens is 416 g/mol. The number of benzene rings is 2. The minimum absolute atomic E-state index is 0.109. The summed E-state index contributed by atoms with van der Waals surface area (Å²) in [7, 11) is 0. The van der Waals surface area contributed by atoms with Gasteiger partial charge in [-0.05, 0) is 57.1 Å². The Kier molecular flexibility index (Phi) is 8.80. The van der Waals surface area contributed by atoms with Gasteiger partial charge in [-0.2, -0.15) is 0 Å². The number of urea groups is 1. The number of carbonyl (C=O) groups is 2. The van der Waals surface area contributed by atoms with E-state index in [9.17, 15) is 9.59 Å². The molecule has 0 aromatic heterocycles. The van der Waals surface area contributed by atoms with Gasteiger partial charge in [-0.15, -0.1) is 0 Å². The quantitative estimate of drug-likeness (QED) is 0.517. The standard InChI is InChI=1S/C27H36N2O2S/c1-4-27(2,3)28-26(31)29-19-12-11-17-24(29)25(30)32-20-18-23(21-13-7-5-8-14-21)22-15-9-6-10-16-22/h5-10,13-16,23-24H,4,11-12,17-20H2,1-3H3,(H,28,31)/t24-/m0/s1. The van der Waals surface area contributed by atoms with E-state index >= 15 is 0 Å². The van der Waals surface area contributed by atoms with Crippen molar-refractivity contribution in [2.45, 2.75) is 70.4 Å². The normalized spacial score (nSPS) is 16.8. The fourth-order valence-electron chi connectivity index (χ4n) is 4.14. The van der Waals surface area contributed by atoms with Crippen molar-refractivity contribution >= 4 is 22.9 Å². The molecule has 1 atom stereocenters. The number of likely N-dealkylation sites (tertiary alicyclic amines) is 1. The lowest BCUT2D eigenvalue weighted by Gasteiger charge is -2.37. The maximum Gasteiger partial charge on any atom is 0.318 e. The minimum atomic E-state index is -0.326. The average Bonchev–Trinajstić information content (AvgIpc) is 2.82. The van der Waals surface area contributed by atoms with Gasteiger partial charge in [0.05, 0.1) is 0 Å². The Bertz CT molecular complexity index is 830. The third-order valence-electron chi connectivity index (χ3n) is 6.42. The van der Waals surface area contributed by atoms with Gasteiger partial charge in [-0.1, -0.05) is 79.3 Å². The van der Waals surface area contributed by atoms with Gasteiger partial charge in [0.15, 0.2) is 0 Å². The summed E-state index contributed by atoms with van der Waals surface area (Å²) in [6.45, 7) is 6.76. The molecule has 0 radical (unpaired) electrons. The van der Waals surface area contributed by atoms with Gasteiger partial charge in [0.25, 0.3) is 0 Å². The van der Waals surface area contributed by atoms with E-state index in [1.54, 1.807) is 4.90 Å². The van der Waals surface area contributed by atoms with E-state index in [-0.39, 0.29) is 28.6 Å². The van der Waals surface area contributed by atoms with E-state index in [2.05, 4.69) is 60.8 Å². The SMILES string of the molecule is CCC(C)(C)NC(=O)N1CCCC[C@H]1C(=O)SCCC(c1ccccc1)c1ccccc1. The number of hydrogen-bond acceptors (Lipinski definition) is 3. The smallest absolute Gasteiger partial charge is 0.318 e.